The van der Waals surface area contributed by atoms with Gasteiger partial charge in [0.25, 0.3) is 0 Å². The number of anilines is 1. The first kappa shape index (κ1) is 12.3. The summed E-state index contributed by atoms with van der Waals surface area (Å²) in [7, 11) is 1.32. The summed E-state index contributed by atoms with van der Waals surface area (Å²) in [4.78, 5) is 40.9. The van der Waals surface area contributed by atoms with E-state index in [-0.39, 0.29) is 30.6 Å². The monoisotopic (exact) mass is 280 g/mol. The largest absolute Gasteiger partial charge is 0.465 e. The van der Waals surface area contributed by atoms with Crippen molar-refractivity contribution in [2.24, 2.45) is 0 Å². The molecule has 1 saturated carbocycles. The Kier molecular flexibility index (Phi) is 2.85. The van der Waals surface area contributed by atoms with Gasteiger partial charge < -0.3 is 4.74 Å². The second-order valence-corrected chi connectivity index (χ2v) is 5.65. The normalized spacial score (nSPS) is 19.1. The lowest BCUT2D eigenvalue weighted by Crippen LogP contribution is -2.24. The highest BCUT2D eigenvalue weighted by Gasteiger charge is 2.36. The van der Waals surface area contributed by atoms with Crippen LogP contribution in [-0.4, -0.2) is 36.3 Å². The highest BCUT2D eigenvalue weighted by molar-refractivity contribution is 7.17. The van der Waals surface area contributed by atoms with Gasteiger partial charge in [0.1, 0.15) is 4.88 Å². The van der Waals surface area contributed by atoms with Crippen LogP contribution < -0.4 is 4.90 Å². The Morgan fingerprint density at radius 2 is 2.16 bits per heavy atom. The maximum atomic E-state index is 11.7. The van der Waals surface area contributed by atoms with Crippen LogP contribution in [-0.2, 0) is 14.3 Å². The van der Waals surface area contributed by atoms with Gasteiger partial charge in [0, 0.05) is 5.92 Å². The number of aromatic nitrogens is 1. The Morgan fingerprint density at radius 1 is 1.42 bits per heavy atom. The first-order chi connectivity index (χ1) is 9.10. The van der Waals surface area contributed by atoms with Crippen molar-refractivity contribution >= 4 is 34.1 Å². The number of Topliss-reactive ketones (excluding diaryl/α,β-unsaturated/α-hetero) is 1. The SMILES string of the molecule is COC(=O)c1sc(N2CC(=O)CC2=O)nc1C1CC1. The molecular formula is C12H12N2O4S. The molecule has 19 heavy (non-hydrogen) atoms. The molecule has 0 N–H and O–H groups in total. The van der Waals surface area contributed by atoms with Crippen LogP contribution in [0.5, 0.6) is 0 Å². The molecule has 0 atom stereocenters. The first-order valence-electron chi connectivity index (χ1n) is 6.01. The van der Waals surface area contributed by atoms with Gasteiger partial charge in [-0.3, -0.25) is 14.5 Å². The third kappa shape index (κ3) is 2.14. The number of methoxy groups -OCH3 is 1. The van der Waals surface area contributed by atoms with E-state index in [4.69, 9.17) is 4.74 Å². The number of hydrogen-bond acceptors (Lipinski definition) is 6. The van der Waals surface area contributed by atoms with Crippen LogP contribution in [0, 0.1) is 0 Å². The van der Waals surface area contributed by atoms with Gasteiger partial charge in [0.15, 0.2) is 10.9 Å². The molecule has 3 rings (SSSR count). The summed E-state index contributed by atoms with van der Waals surface area (Å²) in [5, 5.41) is 0.429. The third-order valence-corrected chi connectivity index (χ3v) is 4.27. The average molecular weight is 280 g/mol. The van der Waals surface area contributed by atoms with E-state index < -0.39 is 5.97 Å². The number of rotatable bonds is 3. The fourth-order valence-electron chi connectivity index (χ4n) is 2.07. The van der Waals surface area contributed by atoms with Crippen LogP contribution in [0.2, 0.25) is 0 Å². The van der Waals surface area contributed by atoms with Crippen molar-refractivity contribution in [2.45, 2.75) is 25.2 Å². The number of nitrogens with zero attached hydrogens (tertiary/aromatic N) is 2. The van der Waals surface area contributed by atoms with Crippen LogP contribution >= 0.6 is 11.3 Å². The number of thiazole rings is 1. The molecule has 1 amide bonds. The fraction of sp³-hybridized carbons (Fsp3) is 0.500. The number of amides is 1. The molecule has 1 aliphatic heterocycles. The van der Waals surface area contributed by atoms with Crippen molar-refractivity contribution in [1.29, 1.82) is 0 Å². The van der Waals surface area contributed by atoms with Gasteiger partial charge in [-0.25, -0.2) is 9.78 Å². The summed E-state index contributed by atoms with van der Waals surface area (Å²) in [5.74, 6) is -0.513. The standard InChI is InChI=1S/C12H12N2O4S/c1-18-11(17)10-9(6-2-3-6)13-12(19-10)14-5-7(15)4-8(14)16/h6H,2-5H2,1H3. The second kappa shape index (κ2) is 4.41. The molecule has 1 aromatic heterocycles. The van der Waals surface area contributed by atoms with Crippen LogP contribution in [0.15, 0.2) is 0 Å². The van der Waals surface area contributed by atoms with Gasteiger partial charge in [-0.1, -0.05) is 11.3 Å². The van der Waals surface area contributed by atoms with E-state index in [1.54, 1.807) is 0 Å². The van der Waals surface area contributed by atoms with Crippen molar-refractivity contribution in [3.8, 4) is 0 Å². The highest BCUT2D eigenvalue weighted by Crippen LogP contribution is 2.44. The van der Waals surface area contributed by atoms with E-state index in [0.29, 0.717) is 15.7 Å². The topological polar surface area (TPSA) is 76.6 Å². The molecule has 1 aliphatic carbocycles. The van der Waals surface area contributed by atoms with E-state index >= 15 is 0 Å². The molecule has 0 radical (unpaired) electrons. The highest BCUT2D eigenvalue weighted by atomic mass is 32.1. The van der Waals surface area contributed by atoms with E-state index in [2.05, 4.69) is 4.98 Å². The number of esters is 1. The van der Waals surface area contributed by atoms with E-state index in [1.807, 2.05) is 0 Å². The Bertz CT molecular complexity index is 576. The number of ether oxygens (including phenoxy) is 1. The van der Waals surface area contributed by atoms with E-state index in [1.165, 1.54) is 12.0 Å². The summed E-state index contributed by atoms with van der Waals surface area (Å²) in [6, 6.07) is 0. The lowest BCUT2D eigenvalue weighted by molar-refractivity contribution is -0.121. The van der Waals surface area contributed by atoms with Gasteiger partial charge in [0.05, 0.1) is 25.8 Å². The first-order valence-corrected chi connectivity index (χ1v) is 6.83. The minimum atomic E-state index is -0.427. The molecule has 6 nitrogen and oxygen atoms in total. The molecule has 2 aliphatic rings. The third-order valence-electron chi connectivity index (χ3n) is 3.19. The average Bonchev–Trinajstić information content (AvgIpc) is 3.05. The quantitative estimate of drug-likeness (QED) is 0.612. The Labute approximate surface area is 113 Å². The van der Waals surface area contributed by atoms with Crippen molar-refractivity contribution in [1.82, 2.24) is 4.98 Å². The van der Waals surface area contributed by atoms with Crippen molar-refractivity contribution in [3.05, 3.63) is 10.6 Å². The van der Waals surface area contributed by atoms with Crippen LogP contribution in [0.3, 0.4) is 0 Å². The predicted molar refractivity (Wildman–Crippen MR) is 67.4 cm³/mol. The maximum Gasteiger partial charge on any atom is 0.350 e. The minimum Gasteiger partial charge on any atom is -0.465 e. The molecule has 0 spiro atoms. The summed E-state index contributed by atoms with van der Waals surface area (Å²) in [5.41, 5.74) is 0.707. The maximum absolute atomic E-state index is 11.7. The fourth-order valence-corrected chi connectivity index (χ4v) is 3.15. The van der Waals surface area contributed by atoms with Gasteiger partial charge in [-0.15, -0.1) is 0 Å². The lowest BCUT2D eigenvalue weighted by atomic mass is 10.2. The molecule has 100 valence electrons. The summed E-state index contributed by atoms with van der Waals surface area (Å²) >= 11 is 1.13. The predicted octanol–water partition coefficient (Wildman–Crippen LogP) is 1.11. The van der Waals surface area contributed by atoms with E-state index in [9.17, 15) is 14.4 Å². The van der Waals surface area contributed by atoms with E-state index in [0.717, 1.165) is 24.2 Å². The van der Waals surface area contributed by atoms with Crippen molar-refractivity contribution in [3.63, 3.8) is 0 Å². The molecule has 1 aromatic rings. The second-order valence-electron chi connectivity index (χ2n) is 4.67. The van der Waals surface area contributed by atoms with Crippen LogP contribution in [0.1, 0.15) is 40.5 Å². The van der Waals surface area contributed by atoms with Crippen molar-refractivity contribution in [2.75, 3.05) is 18.6 Å². The minimum absolute atomic E-state index is 0.0526. The number of hydrogen-bond donors (Lipinski definition) is 0. The number of carbonyl (C=O) groups excluding carboxylic acids is 3. The van der Waals surface area contributed by atoms with Crippen molar-refractivity contribution < 1.29 is 19.1 Å². The molecule has 2 heterocycles. The molecule has 0 bridgehead atoms. The Morgan fingerprint density at radius 3 is 2.68 bits per heavy atom. The Balaban J connectivity index is 1.96. The molecule has 0 aromatic carbocycles. The zero-order valence-electron chi connectivity index (χ0n) is 10.3. The smallest absolute Gasteiger partial charge is 0.350 e. The van der Waals surface area contributed by atoms with Crippen LogP contribution in [0.25, 0.3) is 0 Å². The van der Waals surface area contributed by atoms with Gasteiger partial charge >= 0.3 is 5.97 Å². The Hall–Kier alpha value is -1.76. The zero-order valence-corrected chi connectivity index (χ0v) is 11.2. The summed E-state index contributed by atoms with van der Waals surface area (Å²) in [6.07, 6.45) is 1.92. The van der Waals surface area contributed by atoms with Gasteiger partial charge in [-0.05, 0) is 12.8 Å². The zero-order chi connectivity index (χ0) is 13.6. The molecule has 7 heteroatoms. The molecule has 2 fully saturated rings. The lowest BCUT2D eigenvalue weighted by Gasteiger charge is -2.09. The summed E-state index contributed by atoms with van der Waals surface area (Å²) < 4.78 is 4.74. The molecule has 1 saturated heterocycles. The molecular weight excluding hydrogens is 268 g/mol. The number of carbonyl (C=O) groups is 3. The number of ketones is 1. The molecule has 0 unspecified atom stereocenters. The summed E-state index contributed by atoms with van der Waals surface area (Å²) in [6.45, 7) is 0.0526. The van der Waals surface area contributed by atoms with Crippen LogP contribution in [0.4, 0.5) is 5.13 Å². The van der Waals surface area contributed by atoms with Gasteiger partial charge in [-0.2, -0.15) is 0 Å². The van der Waals surface area contributed by atoms with Gasteiger partial charge in [0.2, 0.25) is 5.91 Å².